The summed E-state index contributed by atoms with van der Waals surface area (Å²) in [6.07, 6.45) is 1.94. The molecule has 0 spiro atoms. The van der Waals surface area contributed by atoms with Crippen molar-refractivity contribution in [3.05, 3.63) is 35.4 Å². The summed E-state index contributed by atoms with van der Waals surface area (Å²) in [7, 11) is 0. The summed E-state index contributed by atoms with van der Waals surface area (Å²) in [5.41, 5.74) is 1.35. The second-order valence-corrected chi connectivity index (χ2v) is 11.3. The Labute approximate surface area is 236 Å². The van der Waals surface area contributed by atoms with E-state index in [-0.39, 0.29) is 24.5 Å². The molecule has 1 aliphatic rings. The van der Waals surface area contributed by atoms with Crippen molar-refractivity contribution in [2.75, 3.05) is 26.2 Å². The zero-order valence-electron chi connectivity index (χ0n) is 25.8. The van der Waals surface area contributed by atoms with Crippen LogP contribution in [0, 0.1) is 12.3 Å². The van der Waals surface area contributed by atoms with Gasteiger partial charge < -0.3 is 15.0 Å². The average Bonchev–Trinajstić information content (AvgIpc) is 2.89. The first-order valence-electron chi connectivity index (χ1n) is 14.8. The predicted molar refractivity (Wildman–Crippen MR) is 156 cm³/mol. The smallest absolute Gasteiger partial charge is 0.326 e. The van der Waals surface area contributed by atoms with Crippen LogP contribution in [0.4, 0.5) is 4.79 Å². The summed E-state index contributed by atoms with van der Waals surface area (Å²) < 4.78 is 6.13. The number of nitrogens with one attached hydrogen (secondary N) is 1. The molecule has 1 saturated heterocycles. The molecule has 0 aromatic heterocycles. The molecular formula is C31H52N4O4. The van der Waals surface area contributed by atoms with Crippen molar-refractivity contribution in [3.8, 4) is 0 Å². The van der Waals surface area contributed by atoms with Crippen molar-refractivity contribution in [2.24, 2.45) is 5.41 Å². The third kappa shape index (κ3) is 7.60. The SMILES string of the molecule is CCC[C@@H](NC(=O)N1C(=O)C(CC)(CC)C1OCC(=O)N(CC)CCN(C(C)C)C(C)C)c1ccc(C)cc1. The summed E-state index contributed by atoms with van der Waals surface area (Å²) in [6, 6.07) is 8.17. The van der Waals surface area contributed by atoms with Gasteiger partial charge in [0, 0.05) is 31.7 Å². The van der Waals surface area contributed by atoms with Crippen LogP contribution in [0.25, 0.3) is 0 Å². The zero-order chi connectivity index (χ0) is 29.3. The lowest BCUT2D eigenvalue weighted by Gasteiger charge is -2.53. The molecule has 4 amide bonds. The van der Waals surface area contributed by atoms with E-state index in [4.69, 9.17) is 4.74 Å². The maximum Gasteiger partial charge on any atom is 0.326 e. The third-order valence-electron chi connectivity index (χ3n) is 8.24. The number of benzene rings is 1. The molecule has 8 heteroatoms. The molecule has 0 saturated carbocycles. The van der Waals surface area contributed by atoms with Gasteiger partial charge in [-0.1, -0.05) is 57.0 Å². The molecule has 1 aromatic rings. The maximum absolute atomic E-state index is 13.4. The number of hydrogen-bond donors (Lipinski definition) is 1. The Kier molecular flexibility index (Phi) is 12.4. The monoisotopic (exact) mass is 544 g/mol. The molecular weight excluding hydrogens is 492 g/mol. The number of aryl methyl sites for hydroxylation is 1. The quantitative estimate of drug-likeness (QED) is 0.295. The number of amides is 4. The topological polar surface area (TPSA) is 82.2 Å². The Morgan fingerprint density at radius 2 is 1.59 bits per heavy atom. The summed E-state index contributed by atoms with van der Waals surface area (Å²) >= 11 is 0. The predicted octanol–water partition coefficient (Wildman–Crippen LogP) is 5.50. The van der Waals surface area contributed by atoms with Crippen LogP contribution in [-0.4, -0.2) is 77.1 Å². The van der Waals surface area contributed by atoms with Gasteiger partial charge in [0.15, 0.2) is 6.23 Å². The number of imide groups is 1. The van der Waals surface area contributed by atoms with E-state index in [9.17, 15) is 14.4 Å². The number of likely N-dealkylation sites (tertiary alicyclic amines) is 1. The van der Waals surface area contributed by atoms with Gasteiger partial charge in [-0.15, -0.1) is 0 Å². The molecule has 1 unspecified atom stereocenters. The van der Waals surface area contributed by atoms with Crippen molar-refractivity contribution >= 4 is 17.8 Å². The number of hydrogen-bond acceptors (Lipinski definition) is 5. The number of carbonyl (C=O) groups is 3. The lowest BCUT2D eigenvalue weighted by molar-refractivity contribution is -0.212. The van der Waals surface area contributed by atoms with Gasteiger partial charge in [0.25, 0.3) is 0 Å². The number of ether oxygens (including phenoxy) is 1. The van der Waals surface area contributed by atoms with E-state index in [1.54, 1.807) is 4.90 Å². The van der Waals surface area contributed by atoms with Gasteiger partial charge in [-0.3, -0.25) is 14.5 Å². The summed E-state index contributed by atoms with van der Waals surface area (Å²) in [5.74, 6) is -0.368. The van der Waals surface area contributed by atoms with Gasteiger partial charge in [0.1, 0.15) is 6.61 Å². The highest BCUT2D eigenvalue weighted by Crippen LogP contribution is 2.46. The van der Waals surface area contributed by atoms with Crippen molar-refractivity contribution < 1.29 is 19.1 Å². The molecule has 39 heavy (non-hydrogen) atoms. The molecule has 1 aliphatic heterocycles. The number of carbonyl (C=O) groups excluding carboxylic acids is 3. The number of rotatable bonds is 15. The van der Waals surface area contributed by atoms with Crippen LogP contribution >= 0.6 is 0 Å². The fraction of sp³-hybridized carbons (Fsp3) is 0.710. The molecule has 1 fully saturated rings. The lowest BCUT2D eigenvalue weighted by atomic mass is 9.72. The first kappa shape index (κ1) is 32.8. The van der Waals surface area contributed by atoms with E-state index in [2.05, 4.69) is 44.8 Å². The highest BCUT2D eigenvalue weighted by atomic mass is 16.5. The number of nitrogens with zero attached hydrogens (tertiary/aromatic N) is 3. The van der Waals surface area contributed by atoms with Gasteiger partial charge in [-0.05, 0) is 66.4 Å². The van der Waals surface area contributed by atoms with Crippen molar-refractivity contribution in [3.63, 3.8) is 0 Å². The normalized spacial score (nSPS) is 17.5. The van der Waals surface area contributed by atoms with E-state index in [0.717, 1.165) is 30.5 Å². The van der Waals surface area contributed by atoms with Crippen molar-refractivity contribution in [1.29, 1.82) is 0 Å². The third-order valence-corrected chi connectivity index (χ3v) is 8.24. The Morgan fingerprint density at radius 1 is 1.00 bits per heavy atom. The van der Waals surface area contributed by atoms with Gasteiger partial charge >= 0.3 is 6.03 Å². The minimum Gasteiger partial charge on any atom is -0.347 e. The number of urea groups is 1. The van der Waals surface area contributed by atoms with Crippen LogP contribution in [0.5, 0.6) is 0 Å². The van der Waals surface area contributed by atoms with Crippen LogP contribution in [-0.2, 0) is 14.3 Å². The first-order valence-corrected chi connectivity index (χ1v) is 14.8. The number of likely N-dealkylation sites (N-methyl/N-ethyl adjacent to an activating group) is 1. The molecule has 2 atom stereocenters. The average molecular weight is 545 g/mol. The standard InChI is InChI=1S/C31H52N4O4/c1-10-14-26(25-17-15-24(9)16-18-25)32-30(38)35-28(37)31(11-2,12-3)29(35)39-21-27(36)33(13-4)19-20-34(22(5)6)23(7)8/h15-18,22-23,26,29H,10-14,19-21H2,1-9H3,(H,32,38)/t26-,29?/m1/s1. The largest absolute Gasteiger partial charge is 0.347 e. The molecule has 1 aromatic carbocycles. The van der Waals surface area contributed by atoms with Crippen LogP contribution in [0.1, 0.15) is 98.2 Å². The number of β-lactam (4-membered cyclic amide) rings is 1. The highest BCUT2D eigenvalue weighted by Gasteiger charge is 2.62. The Hall–Kier alpha value is -2.45. The first-order chi connectivity index (χ1) is 18.5. The maximum atomic E-state index is 13.4. The van der Waals surface area contributed by atoms with Crippen LogP contribution in [0.15, 0.2) is 24.3 Å². The Balaban J connectivity index is 2.14. The molecule has 0 radical (unpaired) electrons. The van der Waals surface area contributed by atoms with E-state index >= 15 is 0 Å². The molecule has 220 valence electrons. The van der Waals surface area contributed by atoms with Crippen LogP contribution in [0.3, 0.4) is 0 Å². The van der Waals surface area contributed by atoms with Gasteiger partial charge in [0.05, 0.1) is 11.5 Å². The Morgan fingerprint density at radius 3 is 2.08 bits per heavy atom. The Bertz CT molecular complexity index is 934. The van der Waals surface area contributed by atoms with E-state index in [1.807, 2.05) is 52.0 Å². The van der Waals surface area contributed by atoms with Crippen LogP contribution in [0.2, 0.25) is 0 Å². The van der Waals surface area contributed by atoms with E-state index < -0.39 is 17.7 Å². The molecule has 0 bridgehead atoms. The fourth-order valence-electron chi connectivity index (χ4n) is 5.65. The minimum atomic E-state index is -0.801. The minimum absolute atomic E-state index is 0.130. The van der Waals surface area contributed by atoms with Gasteiger partial charge in [-0.25, -0.2) is 9.69 Å². The van der Waals surface area contributed by atoms with E-state index in [0.29, 0.717) is 38.0 Å². The molecule has 8 nitrogen and oxygen atoms in total. The molecule has 1 heterocycles. The summed E-state index contributed by atoms with van der Waals surface area (Å²) in [5, 5.41) is 3.06. The van der Waals surface area contributed by atoms with Gasteiger partial charge in [0.2, 0.25) is 11.8 Å². The lowest BCUT2D eigenvalue weighted by Crippen LogP contribution is -2.72. The molecule has 0 aliphatic carbocycles. The summed E-state index contributed by atoms with van der Waals surface area (Å²) in [4.78, 5) is 45.3. The molecule has 2 rings (SSSR count). The van der Waals surface area contributed by atoms with Gasteiger partial charge in [-0.2, -0.15) is 0 Å². The second kappa shape index (κ2) is 14.8. The fourth-order valence-corrected chi connectivity index (χ4v) is 5.65. The highest BCUT2D eigenvalue weighted by molar-refractivity contribution is 6.03. The molecule has 1 N–H and O–H groups in total. The summed E-state index contributed by atoms with van der Waals surface area (Å²) in [6.45, 7) is 20.3. The van der Waals surface area contributed by atoms with Crippen molar-refractivity contribution in [1.82, 2.24) is 20.0 Å². The zero-order valence-corrected chi connectivity index (χ0v) is 25.8. The van der Waals surface area contributed by atoms with E-state index in [1.165, 1.54) is 4.90 Å². The second-order valence-electron chi connectivity index (χ2n) is 11.3. The van der Waals surface area contributed by atoms with Crippen molar-refractivity contribution in [2.45, 2.75) is 112 Å². The van der Waals surface area contributed by atoms with Crippen LogP contribution < -0.4 is 5.32 Å².